The van der Waals surface area contributed by atoms with Gasteiger partial charge in [0.05, 0.1) is 6.61 Å². The average Bonchev–Trinajstić information content (AvgIpc) is 2.92. The molecule has 1 heterocycles. The Balaban J connectivity index is 2.05. The number of rotatable bonds is 6. The standard InChI is InChI=1S/C14H18N2O5/c1-10(17)16(8-14(18)15-5-6-19-2)11-3-4-12-13(7-11)21-9-20-12/h3-4,7H,5-6,8-9H2,1-2H3,(H,15,18). The van der Waals surface area contributed by atoms with Crippen LogP contribution in [0.4, 0.5) is 5.69 Å². The fourth-order valence-electron chi connectivity index (χ4n) is 1.93. The summed E-state index contributed by atoms with van der Waals surface area (Å²) in [6, 6.07) is 5.12. The molecule has 7 heteroatoms. The molecule has 0 radical (unpaired) electrons. The van der Waals surface area contributed by atoms with Gasteiger partial charge in [0.15, 0.2) is 11.5 Å². The van der Waals surface area contributed by atoms with E-state index in [9.17, 15) is 9.59 Å². The minimum Gasteiger partial charge on any atom is -0.454 e. The van der Waals surface area contributed by atoms with Crippen molar-refractivity contribution >= 4 is 17.5 Å². The van der Waals surface area contributed by atoms with Gasteiger partial charge in [0.1, 0.15) is 6.54 Å². The molecule has 0 atom stereocenters. The molecule has 0 saturated carbocycles. The quantitative estimate of drug-likeness (QED) is 0.775. The molecule has 0 aliphatic carbocycles. The third-order valence-electron chi connectivity index (χ3n) is 2.98. The monoisotopic (exact) mass is 294 g/mol. The molecule has 1 aliphatic rings. The highest BCUT2D eigenvalue weighted by atomic mass is 16.7. The van der Waals surface area contributed by atoms with Gasteiger partial charge in [-0.1, -0.05) is 0 Å². The van der Waals surface area contributed by atoms with E-state index in [1.165, 1.54) is 11.8 Å². The fourth-order valence-corrected chi connectivity index (χ4v) is 1.93. The van der Waals surface area contributed by atoms with Crippen LogP contribution in [-0.4, -0.2) is 45.4 Å². The molecule has 2 amide bonds. The van der Waals surface area contributed by atoms with Gasteiger partial charge in [-0.05, 0) is 12.1 Å². The van der Waals surface area contributed by atoms with Gasteiger partial charge in [0.25, 0.3) is 0 Å². The number of nitrogens with one attached hydrogen (secondary N) is 1. The van der Waals surface area contributed by atoms with Crippen molar-refractivity contribution in [1.82, 2.24) is 5.32 Å². The summed E-state index contributed by atoms with van der Waals surface area (Å²) in [4.78, 5) is 25.0. The number of carbonyl (C=O) groups excluding carboxylic acids is 2. The summed E-state index contributed by atoms with van der Waals surface area (Å²) in [5.41, 5.74) is 0.591. The normalized spacial score (nSPS) is 12.1. The van der Waals surface area contributed by atoms with Crippen molar-refractivity contribution in [1.29, 1.82) is 0 Å². The van der Waals surface area contributed by atoms with Crippen LogP contribution in [0.3, 0.4) is 0 Å². The zero-order chi connectivity index (χ0) is 15.2. The first-order chi connectivity index (χ1) is 10.1. The molecule has 0 aromatic heterocycles. The molecule has 1 N–H and O–H groups in total. The topological polar surface area (TPSA) is 77.1 Å². The van der Waals surface area contributed by atoms with Crippen molar-refractivity contribution in [2.45, 2.75) is 6.92 Å². The molecule has 7 nitrogen and oxygen atoms in total. The van der Waals surface area contributed by atoms with Crippen LogP contribution in [0, 0.1) is 0 Å². The van der Waals surface area contributed by atoms with Crippen LogP contribution < -0.4 is 19.7 Å². The molecule has 1 aromatic rings. The van der Waals surface area contributed by atoms with Crippen molar-refractivity contribution in [2.24, 2.45) is 0 Å². The Labute approximate surface area is 122 Å². The molecular formula is C14H18N2O5. The van der Waals surface area contributed by atoms with Crippen LogP contribution in [0.1, 0.15) is 6.92 Å². The number of hydrogen-bond acceptors (Lipinski definition) is 5. The third-order valence-corrected chi connectivity index (χ3v) is 2.98. The van der Waals surface area contributed by atoms with Crippen LogP contribution in [-0.2, 0) is 14.3 Å². The molecule has 2 rings (SSSR count). The number of hydrogen-bond donors (Lipinski definition) is 1. The van der Waals surface area contributed by atoms with E-state index in [1.54, 1.807) is 25.3 Å². The number of carbonyl (C=O) groups is 2. The summed E-state index contributed by atoms with van der Waals surface area (Å²) in [6.07, 6.45) is 0. The number of benzene rings is 1. The number of ether oxygens (including phenoxy) is 3. The minimum atomic E-state index is -0.250. The molecule has 114 valence electrons. The highest BCUT2D eigenvalue weighted by Crippen LogP contribution is 2.35. The minimum absolute atomic E-state index is 0.0569. The molecule has 0 unspecified atom stereocenters. The Morgan fingerprint density at radius 2 is 2.10 bits per heavy atom. The molecule has 1 aromatic carbocycles. The van der Waals surface area contributed by atoms with E-state index in [0.29, 0.717) is 30.3 Å². The lowest BCUT2D eigenvalue weighted by Crippen LogP contribution is -2.40. The molecule has 0 saturated heterocycles. The first kappa shape index (κ1) is 15.1. The van der Waals surface area contributed by atoms with E-state index in [4.69, 9.17) is 14.2 Å². The van der Waals surface area contributed by atoms with Gasteiger partial charge in [-0.15, -0.1) is 0 Å². The van der Waals surface area contributed by atoms with Gasteiger partial charge >= 0.3 is 0 Å². The van der Waals surface area contributed by atoms with Crippen molar-refractivity contribution < 1.29 is 23.8 Å². The van der Waals surface area contributed by atoms with Crippen LogP contribution in [0.15, 0.2) is 18.2 Å². The summed E-state index contributed by atoms with van der Waals surface area (Å²) in [5.74, 6) is 0.723. The van der Waals surface area contributed by atoms with Gasteiger partial charge in [-0.3, -0.25) is 9.59 Å². The Bertz CT molecular complexity index is 532. The number of nitrogens with zero attached hydrogens (tertiary/aromatic N) is 1. The second kappa shape index (κ2) is 6.94. The van der Waals surface area contributed by atoms with E-state index >= 15 is 0 Å². The van der Waals surface area contributed by atoms with E-state index in [2.05, 4.69) is 5.32 Å². The molecule has 0 bridgehead atoms. The molecular weight excluding hydrogens is 276 g/mol. The van der Waals surface area contributed by atoms with Crippen molar-refractivity contribution in [3.63, 3.8) is 0 Å². The zero-order valence-corrected chi connectivity index (χ0v) is 12.0. The molecule has 0 spiro atoms. The third kappa shape index (κ3) is 3.85. The Morgan fingerprint density at radius 3 is 2.81 bits per heavy atom. The SMILES string of the molecule is COCCNC(=O)CN(C(C)=O)c1ccc2c(c1)OCO2. The number of anilines is 1. The molecule has 0 fully saturated rings. The van der Waals surface area contributed by atoms with E-state index in [1.807, 2.05) is 0 Å². The summed E-state index contributed by atoms with van der Waals surface area (Å²) in [6.45, 7) is 2.35. The second-order valence-electron chi connectivity index (χ2n) is 4.49. The Kier molecular flexibility index (Phi) is 4.99. The van der Waals surface area contributed by atoms with Crippen molar-refractivity contribution in [3.8, 4) is 11.5 Å². The maximum atomic E-state index is 11.8. The van der Waals surface area contributed by atoms with Gasteiger partial charge < -0.3 is 24.4 Å². The van der Waals surface area contributed by atoms with Crippen LogP contribution in [0.25, 0.3) is 0 Å². The predicted molar refractivity (Wildman–Crippen MR) is 75.5 cm³/mol. The average molecular weight is 294 g/mol. The van der Waals surface area contributed by atoms with Crippen molar-refractivity contribution in [2.75, 3.05) is 38.5 Å². The lowest BCUT2D eigenvalue weighted by molar-refractivity contribution is -0.123. The first-order valence-electron chi connectivity index (χ1n) is 6.55. The Hall–Kier alpha value is -2.28. The first-order valence-corrected chi connectivity index (χ1v) is 6.55. The summed E-state index contributed by atoms with van der Waals surface area (Å²) >= 11 is 0. The van der Waals surface area contributed by atoms with Gasteiger partial charge in [-0.25, -0.2) is 0 Å². The maximum absolute atomic E-state index is 11.8. The smallest absolute Gasteiger partial charge is 0.240 e. The molecule has 21 heavy (non-hydrogen) atoms. The maximum Gasteiger partial charge on any atom is 0.240 e. The lowest BCUT2D eigenvalue weighted by Gasteiger charge is -2.21. The largest absolute Gasteiger partial charge is 0.454 e. The van der Waals surface area contributed by atoms with Gasteiger partial charge in [0, 0.05) is 32.3 Å². The van der Waals surface area contributed by atoms with E-state index in [-0.39, 0.29) is 25.2 Å². The van der Waals surface area contributed by atoms with Gasteiger partial charge in [0.2, 0.25) is 18.6 Å². The predicted octanol–water partition coefficient (Wildman–Crippen LogP) is 0.531. The van der Waals surface area contributed by atoms with Crippen LogP contribution in [0.5, 0.6) is 11.5 Å². The lowest BCUT2D eigenvalue weighted by atomic mass is 10.2. The molecule has 1 aliphatic heterocycles. The zero-order valence-electron chi connectivity index (χ0n) is 12.0. The summed E-state index contributed by atoms with van der Waals surface area (Å²) < 4.78 is 15.4. The van der Waals surface area contributed by atoms with Gasteiger partial charge in [-0.2, -0.15) is 0 Å². The Morgan fingerprint density at radius 1 is 1.33 bits per heavy atom. The second-order valence-corrected chi connectivity index (χ2v) is 4.49. The van der Waals surface area contributed by atoms with Crippen molar-refractivity contribution in [3.05, 3.63) is 18.2 Å². The number of methoxy groups -OCH3 is 1. The number of fused-ring (bicyclic) bond motifs is 1. The highest BCUT2D eigenvalue weighted by molar-refractivity contribution is 5.97. The van der Waals surface area contributed by atoms with E-state index in [0.717, 1.165) is 0 Å². The van der Waals surface area contributed by atoms with E-state index < -0.39 is 0 Å². The highest BCUT2D eigenvalue weighted by Gasteiger charge is 2.20. The fraction of sp³-hybridized carbons (Fsp3) is 0.429. The summed E-state index contributed by atoms with van der Waals surface area (Å²) in [5, 5.41) is 2.68. The van der Waals surface area contributed by atoms with Crippen LogP contribution in [0.2, 0.25) is 0 Å². The van der Waals surface area contributed by atoms with Crippen LogP contribution >= 0.6 is 0 Å². The summed E-state index contributed by atoms with van der Waals surface area (Å²) in [7, 11) is 1.56. The number of amides is 2.